The Balaban J connectivity index is 2.79. The molecular weight excluding hydrogens is 184 g/mol. The standard InChI is InChI=1S/C13H18N2/c1-14(2)13(15(3)4)11-10-12-8-6-5-7-9-12/h5-9,13H,1-4H3. The van der Waals surface area contributed by atoms with Gasteiger partial charge in [0.05, 0.1) is 0 Å². The third-order valence-corrected chi connectivity index (χ3v) is 2.10. The smallest absolute Gasteiger partial charge is 0.125 e. The Morgan fingerprint density at radius 2 is 1.47 bits per heavy atom. The fourth-order valence-electron chi connectivity index (χ4n) is 1.39. The van der Waals surface area contributed by atoms with Crippen LogP contribution in [0.2, 0.25) is 0 Å². The molecule has 0 radical (unpaired) electrons. The largest absolute Gasteiger partial charge is 0.284 e. The second-order valence-corrected chi connectivity index (χ2v) is 3.94. The van der Waals surface area contributed by atoms with Gasteiger partial charge in [-0.25, -0.2) is 0 Å². The van der Waals surface area contributed by atoms with Crippen LogP contribution >= 0.6 is 0 Å². The molecule has 15 heavy (non-hydrogen) atoms. The Kier molecular flexibility index (Phi) is 4.36. The van der Waals surface area contributed by atoms with Gasteiger partial charge in [0.25, 0.3) is 0 Å². The molecule has 0 saturated heterocycles. The van der Waals surface area contributed by atoms with Gasteiger partial charge in [-0.15, -0.1) is 0 Å². The molecule has 0 N–H and O–H groups in total. The summed E-state index contributed by atoms with van der Waals surface area (Å²) in [5.74, 6) is 6.41. The first kappa shape index (κ1) is 11.8. The quantitative estimate of drug-likeness (QED) is 0.529. The van der Waals surface area contributed by atoms with Crippen molar-refractivity contribution in [1.29, 1.82) is 0 Å². The van der Waals surface area contributed by atoms with Gasteiger partial charge in [0, 0.05) is 5.56 Å². The van der Waals surface area contributed by atoms with Crippen molar-refractivity contribution in [2.24, 2.45) is 0 Å². The highest BCUT2D eigenvalue weighted by Gasteiger charge is 2.08. The fraction of sp³-hybridized carbons (Fsp3) is 0.385. The first-order valence-corrected chi connectivity index (χ1v) is 5.00. The molecule has 0 amide bonds. The van der Waals surface area contributed by atoms with Gasteiger partial charge < -0.3 is 0 Å². The lowest BCUT2D eigenvalue weighted by molar-refractivity contribution is 0.182. The minimum Gasteiger partial charge on any atom is -0.284 e. The summed E-state index contributed by atoms with van der Waals surface area (Å²) < 4.78 is 0. The van der Waals surface area contributed by atoms with Gasteiger partial charge in [0.15, 0.2) is 0 Å². The number of nitrogens with zero attached hydrogens (tertiary/aromatic N) is 2. The van der Waals surface area contributed by atoms with E-state index in [-0.39, 0.29) is 6.17 Å². The molecule has 80 valence electrons. The van der Waals surface area contributed by atoms with Crippen LogP contribution < -0.4 is 0 Å². The topological polar surface area (TPSA) is 6.48 Å². The Bertz CT molecular complexity index is 336. The molecule has 0 aromatic heterocycles. The van der Waals surface area contributed by atoms with E-state index in [9.17, 15) is 0 Å². The SMILES string of the molecule is CN(C)C(C#Cc1ccccc1)N(C)C. The van der Waals surface area contributed by atoms with E-state index < -0.39 is 0 Å². The second-order valence-electron chi connectivity index (χ2n) is 3.94. The predicted octanol–water partition coefficient (Wildman–Crippen LogP) is 1.49. The van der Waals surface area contributed by atoms with Crippen molar-refractivity contribution in [2.75, 3.05) is 28.2 Å². The monoisotopic (exact) mass is 202 g/mol. The molecule has 0 spiro atoms. The number of rotatable bonds is 2. The van der Waals surface area contributed by atoms with Crippen molar-refractivity contribution in [3.63, 3.8) is 0 Å². The molecule has 1 aromatic carbocycles. The van der Waals surface area contributed by atoms with E-state index in [0.717, 1.165) is 5.56 Å². The minimum absolute atomic E-state index is 0.158. The lowest BCUT2D eigenvalue weighted by Crippen LogP contribution is -2.39. The van der Waals surface area contributed by atoms with Crippen molar-refractivity contribution in [3.8, 4) is 11.8 Å². The van der Waals surface area contributed by atoms with Crippen molar-refractivity contribution in [3.05, 3.63) is 35.9 Å². The molecule has 0 saturated carbocycles. The normalized spacial score (nSPS) is 10.6. The maximum Gasteiger partial charge on any atom is 0.125 e. The van der Waals surface area contributed by atoms with Crippen molar-refractivity contribution < 1.29 is 0 Å². The molecule has 2 heteroatoms. The average Bonchev–Trinajstić information content (AvgIpc) is 2.18. The van der Waals surface area contributed by atoms with E-state index in [1.165, 1.54) is 0 Å². The van der Waals surface area contributed by atoms with Gasteiger partial charge in [-0.3, -0.25) is 9.80 Å². The van der Waals surface area contributed by atoms with Crippen molar-refractivity contribution >= 4 is 0 Å². The number of hydrogen-bond acceptors (Lipinski definition) is 2. The van der Waals surface area contributed by atoms with Crippen LogP contribution in [0.4, 0.5) is 0 Å². The van der Waals surface area contributed by atoms with Crippen molar-refractivity contribution in [2.45, 2.75) is 6.17 Å². The molecule has 0 heterocycles. The Morgan fingerprint density at radius 3 is 1.93 bits per heavy atom. The van der Waals surface area contributed by atoms with Crippen LogP contribution in [0.25, 0.3) is 0 Å². The van der Waals surface area contributed by atoms with Crippen LogP contribution in [0.1, 0.15) is 5.56 Å². The summed E-state index contributed by atoms with van der Waals surface area (Å²) in [4.78, 5) is 4.19. The van der Waals surface area contributed by atoms with Gasteiger partial charge in [-0.2, -0.15) is 0 Å². The van der Waals surface area contributed by atoms with E-state index in [1.54, 1.807) is 0 Å². The summed E-state index contributed by atoms with van der Waals surface area (Å²) in [5, 5.41) is 0. The highest BCUT2D eigenvalue weighted by molar-refractivity contribution is 5.34. The molecule has 0 atom stereocenters. The van der Waals surface area contributed by atoms with Crippen LogP contribution in [-0.4, -0.2) is 44.2 Å². The first-order valence-electron chi connectivity index (χ1n) is 5.00. The molecule has 2 nitrogen and oxygen atoms in total. The first-order chi connectivity index (χ1) is 7.11. The van der Waals surface area contributed by atoms with Gasteiger partial charge >= 0.3 is 0 Å². The van der Waals surface area contributed by atoms with E-state index in [4.69, 9.17) is 0 Å². The number of hydrogen-bond donors (Lipinski definition) is 0. The predicted molar refractivity (Wildman–Crippen MR) is 64.5 cm³/mol. The van der Waals surface area contributed by atoms with Crippen LogP contribution in [-0.2, 0) is 0 Å². The lowest BCUT2D eigenvalue weighted by Gasteiger charge is -2.25. The molecule has 1 aromatic rings. The maximum atomic E-state index is 3.24. The highest BCUT2D eigenvalue weighted by atomic mass is 15.3. The zero-order chi connectivity index (χ0) is 11.3. The molecule has 1 rings (SSSR count). The van der Waals surface area contributed by atoms with Gasteiger partial charge in [-0.05, 0) is 40.3 Å². The van der Waals surface area contributed by atoms with Crippen LogP contribution in [0.3, 0.4) is 0 Å². The van der Waals surface area contributed by atoms with Crippen molar-refractivity contribution in [1.82, 2.24) is 9.80 Å². The van der Waals surface area contributed by atoms with Crippen LogP contribution in [0, 0.1) is 11.8 Å². The van der Waals surface area contributed by atoms with Gasteiger partial charge in [-0.1, -0.05) is 30.0 Å². The Morgan fingerprint density at radius 1 is 0.933 bits per heavy atom. The van der Waals surface area contributed by atoms with Gasteiger partial charge in [0.1, 0.15) is 6.17 Å². The zero-order valence-electron chi connectivity index (χ0n) is 9.86. The Hall–Kier alpha value is -1.30. The second kappa shape index (κ2) is 5.55. The van der Waals surface area contributed by atoms with E-state index in [0.29, 0.717) is 0 Å². The molecule has 0 unspecified atom stereocenters. The third kappa shape index (κ3) is 3.75. The minimum atomic E-state index is 0.158. The van der Waals surface area contributed by atoms with E-state index >= 15 is 0 Å². The molecule has 0 bridgehead atoms. The molecule has 0 fully saturated rings. The maximum absolute atomic E-state index is 3.24. The van der Waals surface area contributed by atoms with E-state index in [2.05, 4.69) is 21.6 Å². The summed E-state index contributed by atoms with van der Waals surface area (Å²) >= 11 is 0. The van der Waals surface area contributed by atoms with Crippen LogP contribution in [0.5, 0.6) is 0 Å². The summed E-state index contributed by atoms with van der Waals surface area (Å²) in [5.41, 5.74) is 1.06. The molecule has 0 aliphatic heterocycles. The van der Waals surface area contributed by atoms with Crippen LogP contribution in [0.15, 0.2) is 30.3 Å². The fourth-order valence-corrected chi connectivity index (χ4v) is 1.39. The third-order valence-electron chi connectivity index (χ3n) is 2.10. The molecular formula is C13H18N2. The van der Waals surface area contributed by atoms with Gasteiger partial charge in [0.2, 0.25) is 0 Å². The summed E-state index contributed by atoms with van der Waals surface area (Å²) in [6.45, 7) is 0. The molecule has 0 aliphatic carbocycles. The van der Waals surface area contributed by atoms with E-state index in [1.807, 2.05) is 58.5 Å². The average molecular weight is 202 g/mol. The summed E-state index contributed by atoms with van der Waals surface area (Å²) in [6, 6.07) is 10.1. The number of benzene rings is 1. The summed E-state index contributed by atoms with van der Waals surface area (Å²) in [7, 11) is 8.13. The Labute approximate surface area is 92.5 Å². The molecule has 0 aliphatic rings. The lowest BCUT2D eigenvalue weighted by atomic mass is 10.2. The summed E-state index contributed by atoms with van der Waals surface area (Å²) in [6.07, 6.45) is 0.158. The zero-order valence-corrected chi connectivity index (χ0v) is 9.86. The highest BCUT2D eigenvalue weighted by Crippen LogP contribution is 1.98.